The first-order valence-corrected chi connectivity index (χ1v) is 14.1. The minimum absolute atomic E-state index is 0.0435. The summed E-state index contributed by atoms with van der Waals surface area (Å²) < 4.78 is 5.88. The predicted molar refractivity (Wildman–Crippen MR) is 149 cm³/mol. The van der Waals surface area contributed by atoms with Crippen molar-refractivity contribution in [1.29, 1.82) is 0 Å². The van der Waals surface area contributed by atoms with Crippen molar-refractivity contribution in [3.63, 3.8) is 0 Å². The van der Waals surface area contributed by atoms with Gasteiger partial charge < -0.3 is 24.8 Å². The highest BCUT2D eigenvalue weighted by molar-refractivity contribution is 5.99. The fourth-order valence-corrected chi connectivity index (χ4v) is 6.05. The van der Waals surface area contributed by atoms with Gasteiger partial charge in [-0.05, 0) is 48.1 Å². The predicted octanol–water partition coefficient (Wildman–Crippen LogP) is 3.20. The number of piperazine rings is 1. The van der Waals surface area contributed by atoms with Crippen LogP contribution in [-0.4, -0.2) is 91.5 Å². The number of likely N-dealkylation sites (tertiary alicyclic amines) is 1. The zero-order chi connectivity index (χ0) is 27.8. The quantitative estimate of drug-likeness (QED) is 0.613. The summed E-state index contributed by atoms with van der Waals surface area (Å²) >= 11 is 0. The van der Waals surface area contributed by atoms with Gasteiger partial charge in [0, 0.05) is 49.9 Å². The second kappa shape index (κ2) is 11.0. The molecule has 3 aliphatic rings. The van der Waals surface area contributed by atoms with Crippen LogP contribution >= 0.6 is 0 Å². The molecule has 0 saturated carbocycles. The zero-order valence-electron chi connectivity index (χ0n) is 24.3. The summed E-state index contributed by atoms with van der Waals surface area (Å²) in [5, 5.41) is 3.02. The van der Waals surface area contributed by atoms with Crippen LogP contribution in [0.2, 0.25) is 0 Å². The highest BCUT2D eigenvalue weighted by Crippen LogP contribution is 2.42. The van der Waals surface area contributed by atoms with Gasteiger partial charge in [0.1, 0.15) is 18.7 Å². The molecule has 1 N–H and O–H groups in total. The summed E-state index contributed by atoms with van der Waals surface area (Å²) in [5.74, 6) is -0.460. The largest absolute Gasteiger partial charge is 0.369 e. The Morgan fingerprint density at radius 3 is 2.21 bits per heavy atom. The number of likely N-dealkylation sites (N-methyl/N-ethyl adjacent to an activating group) is 1. The first kappa shape index (κ1) is 28.6. The number of anilines is 1. The van der Waals surface area contributed by atoms with Crippen LogP contribution in [0.3, 0.4) is 0 Å². The van der Waals surface area contributed by atoms with Crippen molar-refractivity contribution in [2.24, 2.45) is 16.7 Å². The number of carbonyl (C=O) groups excluding carboxylic acids is 3. The lowest BCUT2D eigenvalue weighted by atomic mass is 9.78. The highest BCUT2D eigenvalue weighted by atomic mass is 16.5. The average molecular weight is 527 g/mol. The highest BCUT2D eigenvalue weighted by Gasteiger charge is 2.56. The van der Waals surface area contributed by atoms with Crippen molar-refractivity contribution in [1.82, 2.24) is 15.1 Å². The molecule has 38 heavy (non-hydrogen) atoms. The fraction of sp³-hybridized carbons (Fsp3) is 0.700. The number of ketones is 1. The van der Waals surface area contributed by atoms with Crippen LogP contribution in [-0.2, 0) is 14.3 Å². The second-order valence-electron chi connectivity index (χ2n) is 13.4. The van der Waals surface area contributed by atoms with Crippen molar-refractivity contribution in [2.45, 2.75) is 73.1 Å². The first-order chi connectivity index (χ1) is 17.8. The molecule has 210 valence electrons. The number of nitrogens with zero attached hydrogens (tertiary/aromatic N) is 3. The number of rotatable bonds is 6. The average Bonchev–Trinajstić information content (AvgIpc) is 3.43. The minimum Gasteiger partial charge on any atom is -0.369 e. The molecule has 0 spiro atoms. The molecule has 8 nitrogen and oxygen atoms in total. The fourth-order valence-electron chi connectivity index (χ4n) is 6.05. The Bertz CT molecular complexity index is 1020. The third kappa shape index (κ3) is 6.23. The monoisotopic (exact) mass is 526 g/mol. The summed E-state index contributed by atoms with van der Waals surface area (Å²) in [5.41, 5.74) is 1.32. The van der Waals surface area contributed by atoms with Gasteiger partial charge in [0.15, 0.2) is 5.78 Å². The van der Waals surface area contributed by atoms with Crippen molar-refractivity contribution in [3.05, 3.63) is 29.8 Å². The molecule has 0 aliphatic carbocycles. The van der Waals surface area contributed by atoms with Crippen molar-refractivity contribution < 1.29 is 19.1 Å². The lowest BCUT2D eigenvalue weighted by Gasteiger charge is -2.35. The number of carbonyl (C=O) groups is 3. The van der Waals surface area contributed by atoms with Crippen LogP contribution in [0.4, 0.5) is 5.69 Å². The number of hydrogen-bond donors (Lipinski definition) is 1. The summed E-state index contributed by atoms with van der Waals surface area (Å²) in [7, 11) is 0. The Balaban J connectivity index is 1.49. The van der Waals surface area contributed by atoms with Crippen LogP contribution in [0, 0.1) is 16.7 Å². The first-order valence-electron chi connectivity index (χ1n) is 14.1. The molecule has 3 fully saturated rings. The van der Waals surface area contributed by atoms with E-state index in [1.165, 1.54) is 0 Å². The summed E-state index contributed by atoms with van der Waals surface area (Å²) in [6, 6.07) is 6.36. The van der Waals surface area contributed by atoms with Gasteiger partial charge in [-0.2, -0.15) is 0 Å². The molecule has 2 amide bonds. The van der Waals surface area contributed by atoms with Crippen molar-refractivity contribution in [2.75, 3.05) is 50.8 Å². The van der Waals surface area contributed by atoms with E-state index in [0.717, 1.165) is 38.4 Å². The van der Waals surface area contributed by atoms with E-state index in [0.29, 0.717) is 18.5 Å². The van der Waals surface area contributed by atoms with Crippen molar-refractivity contribution >= 4 is 23.3 Å². The van der Waals surface area contributed by atoms with E-state index >= 15 is 0 Å². The Morgan fingerprint density at radius 2 is 1.66 bits per heavy atom. The maximum atomic E-state index is 14.0. The van der Waals surface area contributed by atoms with Crippen LogP contribution in [0.25, 0.3) is 0 Å². The minimum atomic E-state index is -0.725. The normalized spacial score (nSPS) is 25.4. The number of Topliss-reactive ketones (excluding diaryl/α,β-unsaturated/α-hetero) is 1. The number of nitrogens with one attached hydrogen (secondary N) is 1. The molecule has 1 aromatic rings. The maximum Gasteiger partial charge on any atom is 0.251 e. The number of ether oxygens (including phenoxy) is 1. The molecule has 0 aromatic heterocycles. The Kier molecular flexibility index (Phi) is 8.24. The van der Waals surface area contributed by atoms with Gasteiger partial charge in [0.2, 0.25) is 5.91 Å². The molecule has 0 bridgehead atoms. The SMILES string of the molecule is CCN1CCN(c2ccc(C(=O)N[C@@H](CC(C)(C)C)C(=O)N3C[C@@H](C(C)(C)C)[C@H]4OCC(=O)[C@H]43)cc2)CC1. The van der Waals surface area contributed by atoms with Crippen molar-refractivity contribution in [3.8, 4) is 0 Å². The Labute approximate surface area is 228 Å². The van der Waals surface area contributed by atoms with Gasteiger partial charge in [0.25, 0.3) is 5.91 Å². The summed E-state index contributed by atoms with van der Waals surface area (Å²) in [4.78, 5) is 46.5. The van der Waals surface area contributed by atoms with E-state index in [1.54, 1.807) is 4.90 Å². The van der Waals surface area contributed by atoms with Gasteiger partial charge in [0.05, 0.1) is 6.10 Å². The number of benzene rings is 1. The molecule has 3 heterocycles. The van der Waals surface area contributed by atoms with E-state index in [9.17, 15) is 14.4 Å². The maximum absolute atomic E-state index is 14.0. The molecule has 3 saturated heterocycles. The lowest BCUT2D eigenvalue weighted by molar-refractivity contribution is -0.138. The molecule has 8 heteroatoms. The molecule has 0 unspecified atom stereocenters. The Hall–Kier alpha value is -2.45. The molecular formula is C30H46N4O4. The molecule has 1 aromatic carbocycles. The van der Waals surface area contributed by atoms with Crippen LogP contribution in [0.5, 0.6) is 0 Å². The smallest absolute Gasteiger partial charge is 0.251 e. The molecule has 4 rings (SSSR count). The van der Waals surface area contributed by atoms with Crippen LogP contribution in [0.1, 0.15) is 65.2 Å². The molecular weight excluding hydrogens is 480 g/mol. The molecule has 0 radical (unpaired) electrons. The van der Waals surface area contributed by atoms with E-state index in [-0.39, 0.29) is 47.1 Å². The molecule has 4 atom stereocenters. The van der Waals surface area contributed by atoms with Crippen LogP contribution < -0.4 is 10.2 Å². The number of amides is 2. The second-order valence-corrected chi connectivity index (χ2v) is 13.4. The van der Waals surface area contributed by atoms with E-state index in [1.807, 2.05) is 24.3 Å². The van der Waals surface area contributed by atoms with Gasteiger partial charge in [-0.3, -0.25) is 14.4 Å². The van der Waals surface area contributed by atoms with Gasteiger partial charge in [-0.15, -0.1) is 0 Å². The number of fused-ring (bicyclic) bond motifs is 1. The molecule has 3 aliphatic heterocycles. The lowest BCUT2D eigenvalue weighted by Crippen LogP contribution is -2.53. The van der Waals surface area contributed by atoms with Gasteiger partial charge in [-0.25, -0.2) is 0 Å². The number of hydrogen-bond acceptors (Lipinski definition) is 6. The standard InChI is InChI=1S/C30H46N4O4/c1-8-32-13-15-33(16-14-32)21-11-9-20(10-12-21)27(36)31-23(17-29(2,3)4)28(37)34-18-22(30(5,6)7)26-25(34)24(35)19-38-26/h9-12,22-23,25-26H,8,13-19H2,1-7H3,(H,31,36)/t22-,23+,25-,26-/m1/s1. The van der Waals surface area contributed by atoms with E-state index in [2.05, 4.69) is 63.6 Å². The van der Waals surface area contributed by atoms with Crippen LogP contribution in [0.15, 0.2) is 24.3 Å². The zero-order valence-corrected chi connectivity index (χ0v) is 24.3. The third-order valence-corrected chi connectivity index (χ3v) is 8.31. The Morgan fingerprint density at radius 1 is 1.03 bits per heavy atom. The summed E-state index contributed by atoms with van der Waals surface area (Å²) in [6.07, 6.45) is 0.185. The van der Waals surface area contributed by atoms with E-state index in [4.69, 9.17) is 4.74 Å². The van der Waals surface area contributed by atoms with Gasteiger partial charge >= 0.3 is 0 Å². The topological polar surface area (TPSA) is 82.2 Å². The van der Waals surface area contributed by atoms with E-state index < -0.39 is 12.1 Å². The van der Waals surface area contributed by atoms with Gasteiger partial charge in [-0.1, -0.05) is 48.5 Å². The summed E-state index contributed by atoms with van der Waals surface area (Å²) in [6.45, 7) is 20.3. The third-order valence-electron chi connectivity index (χ3n) is 8.31.